The summed E-state index contributed by atoms with van der Waals surface area (Å²) in [7, 11) is 0. The van der Waals surface area contributed by atoms with E-state index in [9.17, 15) is 0 Å². The molecule has 0 saturated carbocycles. The Morgan fingerprint density at radius 3 is 1.30 bits per heavy atom. The molecule has 2 nitrogen and oxygen atoms in total. The highest BCUT2D eigenvalue weighted by atomic mass is 16.7. The van der Waals surface area contributed by atoms with Crippen molar-refractivity contribution in [3.05, 3.63) is 70.8 Å². The SMILES string of the molecule is Cc1ccc(C2=C(c3ccc(C)cc3)C[B-]3(C2)OC(C)(C)C(C)(C)O3)cc1. The lowest BCUT2D eigenvalue weighted by molar-refractivity contribution is 0.00578. The number of aryl methyl sites for hydroxylation is 2. The van der Waals surface area contributed by atoms with E-state index in [-0.39, 0.29) is 11.2 Å². The van der Waals surface area contributed by atoms with Gasteiger partial charge in [0, 0.05) is 11.2 Å². The van der Waals surface area contributed by atoms with Gasteiger partial charge in [-0.2, -0.15) is 0 Å². The molecule has 3 heteroatoms. The summed E-state index contributed by atoms with van der Waals surface area (Å²) in [4.78, 5) is 0. The summed E-state index contributed by atoms with van der Waals surface area (Å²) in [5.41, 5.74) is 7.27. The predicted octanol–water partition coefficient (Wildman–Crippen LogP) is 6.27. The maximum atomic E-state index is 6.66. The Morgan fingerprint density at radius 1 is 0.630 bits per heavy atom. The molecule has 2 aliphatic heterocycles. The van der Waals surface area contributed by atoms with E-state index in [4.69, 9.17) is 9.31 Å². The Morgan fingerprint density at radius 2 is 0.963 bits per heavy atom. The third kappa shape index (κ3) is 3.17. The number of benzene rings is 2. The van der Waals surface area contributed by atoms with Crippen molar-refractivity contribution in [1.82, 2.24) is 0 Å². The van der Waals surface area contributed by atoms with E-state index >= 15 is 0 Å². The van der Waals surface area contributed by atoms with Crippen molar-refractivity contribution in [3.63, 3.8) is 0 Å². The summed E-state index contributed by atoms with van der Waals surface area (Å²) in [6.07, 6.45) is 1.69. The quantitative estimate of drug-likeness (QED) is 0.587. The van der Waals surface area contributed by atoms with Crippen LogP contribution < -0.4 is 0 Å². The average Bonchev–Trinajstić information content (AvgIpc) is 3.01. The van der Waals surface area contributed by atoms with E-state index in [0.29, 0.717) is 0 Å². The van der Waals surface area contributed by atoms with E-state index in [1.165, 1.54) is 33.4 Å². The molecule has 0 atom stereocenters. The fourth-order valence-corrected chi connectivity index (χ4v) is 4.58. The standard InChI is InChI=1S/C24H30BO2/c1-17-7-11-19(12-8-17)21-15-25(26-23(3,4)24(5,6)27-25)16-22(21)20-13-9-18(2)10-14-20/h7-14H,15-16H2,1-6H3/q-1. The second-order valence-electron chi connectivity index (χ2n) is 9.41. The zero-order valence-electron chi connectivity index (χ0n) is 17.4. The first-order valence-electron chi connectivity index (χ1n) is 10.0. The van der Waals surface area contributed by atoms with Crippen LogP contribution >= 0.6 is 0 Å². The number of rotatable bonds is 2. The van der Waals surface area contributed by atoms with Gasteiger partial charge in [-0.05, 0) is 52.7 Å². The maximum Gasteiger partial charge on any atom is 0.249 e. The number of hydrogen-bond acceptors (Lipinski definition) is 2. The lowest BCUT2D eigenvalue weighted by Crippen LogP contribution is -2.41. The summed E-state index contributed by atoms with van der Waals surface area (Å²) in [5, 5.41) is 0. The summed E-state index contributed by atoms with van der Waals surface area (Å²) in [6, 6.07) is 17.7. The molecule has 0 N–H and O–H groups in total. The van der Waals surface area contributed by atoms with Gasteiger partial charge < -0.3 is 9.31 Å². The summed E-state index contributed by atoms with van der Waals surface area (Å²) in [5.74, 6) is 0. The maximum absolute atomic E-state index is 6.66. The lowest BCUT2D eigenvalue weighted by Gasteiger charge is -2.37. The molecule has 1 spiro atoms. The predicted molar refractivity (Wildman–Crippen MR) is 115 cm³/mol. The van der Waals surface area contributed by atoms with Crippen LogP contribution in [0, 0.1) is 13.8 Å². The van der Waals surface area contributed by atoms with Crippen molar-refractivity contribution < 1.29 is 9.31 Å². The molecule has 0 bridgehead atoms. The third-order valence-corrected chi connectivity index (χ3v) is 6.66. The largest absolute Gasteiger partial charge is 0.561 e. The summed E-state index contributed by atoms with van der Waals surface area (Å²) in [6.45, 7) is 11.5. The Hall–Kier alpha value is -1.84. The van der Waals surface area contributed by atoms with Crippen molar-refractivity contribution in [2.24, 2.45) is 0 Å². The van der Waals surface area contributed by atoms with Gasteiger partial charge in [0.05, 0.1) is 0 Å². The molecule has 0 amide bonds. The molecule has 142 valence electrons. The molecule has 2 aliphatic rings. The van der Waals surface area contributed by atoms with Crippen molar-refractivity contribution >= 4 is 17.7 Å². The smallest absolute Gasteiger partial charge is 0.249 e. The van der Waals surface area contributed by atoms with Gasteiger partial charge in [-0.15, -0.1) is 12.6 Å². The van der Waals surface area contributed by atoms with Gasteiger partial charge in [0.15, 0.2) is 0 Å². The monoisotopic (exact) mass is 361 g/mol. The Balaban J connectivity index is 1.79. The van der Waals surface area contributed by atoms with Crippen LogP contribution in [0.15, 0.2) is 48.5 Å². The minimum absolute atomic E-state index is 0.298. The highest BCUT2D eigenvalue weighted by molar-refractivity contribution is 6.74. The zero-order valence-corrected chi connectivity index (χ0v) is 17.4. The number of allylic oxidation sites excluding steroid dienone is 2. The Kier molecular flexibility index (Phi) is 4.17. The van der Waals surface area contributed by atoms with Crippen LogP contribution in [-0.4, -0.2) is 17.8 Å². The molecule has 2 aromatic rings. The van der Waals surface area contributed by atoms with E-state index in [1.807, 2.05) is 0 Å². The van der Waals surface area contributed by atoms with Crippen molar-refractivity contribution in [3.8, 4) is 0 Å². The first-order valence-corrected chi connectivity index (χ1v) is 10.0. The molecule has 0 unspecified atom stereocenters. The van der Waals surface area contributed by atoms with Gasteiger partial charge in [0.2, 0.25) is 6.55 Å². The zero-order chi connectivity index (χ0) is 19.4. The van der Waals surface area contributed by atoms with Crippen LogP contribution in [0.4, 0.5) is 0 Å². The van der Waals surface area contributed by atoms with Gasteiger partial charge in [-0.1, -0.05) is 70.8 Å². The number of hydrogen-bond donors (Lipinski definition) is 0. The normalized spacial score (nSPS) is 22.6. The van der Waals surface area contributed by atoms with Gasteiger partial charge >= 0.3 is 0 Å². The van der Waals surface area contributed by atoms with Gasteiger partial charge in [0.25, 0.3) is 0 Å². The minimum atomic E-state index is -1.37. The molecule has 1 fully saturated rings. The molecule has 2 heterocycles. The Labute approximate surface area is 163 Å². The van der Waals surface area contributed by atoms with Crippen LogP contribution in [0.1, 0.15) is 49.9 Å². The Bertz CT molecular complexity index is 813. The molecule has 2 aromatic carbocycles. The first kappa shape index (κ1) is 18.5. The highest BCUT2D eigenvalue weighted by Gasteiger charge is 2.53. The van der Waals surface area contributed by atoms with Gasteiger partial charge in [0.1, 0.15) is 0 Å². The van der Waals surface area contributed by atoms with Crippen molar-refractivity contribution in [2.45, 2.75) is 65.4 Å². The molecule has 27 heavy (non-hydrogen) atoms. The second-order valence-corrected chi connectivity index (χ2v) is 9.41. The topological polar surface area (TPSA) is 18.5 Å². The van der Waals surface area contributed by atoms with Crippen LogP contribution in [0.5, 0.6) is 0 Å². The molecule has 0 aromatic heterocycles. The third-order valence-electron chi connectivity index (χ3n) is 6.66. The van der Waals surface area contributed by atoms with E-state index in [2.05, 4.69) is 90.1 Å². The van der Waals surface area contributed by atoms with Crippen molar-refractivity contribution in [2.75, 3.05) is 0 Å². The molecule has 0 aliphatic carbocycles. The van der Waals surface area contributed by atoms with Gasteiger partial charge in [-0.25, -0.2) is 0 Å². The van der Waals surface area contributed by atoms with Crippen LogP contribution in [0.3, 0.4) is 0 Å². The fourth-order valence-electron chi connectivity index (χ4n) is 4.58. The molecule has 4 rings (SSSR count). The molecule has 0 radical (unpaired) electrons. The molecular weight excluding hydrogens is 331 g/mol. The summed E-state index contributed by atoms with van der Waals surface area (Å²) >= 11 is 0. The van der Waals surface area contributed by atoms with E-state index in [0.717, 1.165) is 12.6 Å². The summed E-state index contributed by atoms with van der Waals surface area (Å²) < 4.78 is 13.3. The van der Waals surface area contributed by atoms with Crippen LogP contribution in [0.2, 0.25) is 12.6 Å². The van der Waals surface area contributed by atoms with Crippen molar-refractivity contribution in [1.29, 1.82) is 0 Å². The highest BCUT2D eigenvalue weighted by Crippen LogP contribution is 2.54. The minimum Gasteiger partial charge on any atom is -0.561 e. The second kappa shape index (κ2) is 6.08. The van der Waals surface area contributed by atoms with E-state index < -0.39 is 6.55 Å². The fraction of sp³-hybridized carbons (Fsp3) is 0.417. The molecular formula is C24H30BO2-. The molecule has 1 saturated heterocycles. The van der Waals surface area contributed by atoms with Crippen LogP contribution in [0.25, 0.3) is 11.1 Å². The van der Waals surface area contributed by atoms with Gasteiger partial charge in [-0.3, -0.25) is 0 Å². The van der Waals surface area contributed by atoms with E-state index in [1.54, 1.807) is 0 Å². The lowest BCUT2D eigenvalue weighted by atomic mass is 9.53. The average molecular weight is 361 g/mol. The van der Waals surface area contributed by atoms with Crippen LogP contribution in [-0.2, 0) is 9.31 Å². The first-order chi connectivity index (χ1) is 12.6.